The Morgan fingerprint density at radius 2 is 1.96 bits per heavy atom. The molecule has 2 aromatic rings. The molecule has 0 aromatic carbocycles. The van der Waals surface area contributed by atoms with E-state index >= 15 is 0 Å². The number of aliphatic carboxylic acids is 1. The second kappa shape index (κ2) is 9.07. The molecule has 0 aliphatic rings. The van der Waals surface area contributed by atoms with Crippen LogP contribution < -0.4 is 5.11 Å². The van der Waals surface area contributed by atoms with E-state index in [9.17, 15) is 19.5 Å². The molecular formula is C19H23N2O6-. The Hall–Kier alpha value is -3.03. The summed E-state index contributed by atoms with van der Waals surface area (Å²) in [7, 11) is 0. The quantitative estimate of drug-likeness (QED) is 0.664. The number of rotatable bonds is 9. The van der Waals surface area contributed by atoms with Gasteiger partial charge in [0.15, 0.2) is 0 Å². The summed E-state index contributed by atoms with van der Waals surface area (Å²) in [4.78, 5) is 39.8. The highest BCUT2D eigenvalue weighted by molar-refractivity contribution is 5.90. The Bertz CT molecular complexity index is 807. The van der Waals surface area contributed by atoms with Gasteiger partial charge in [-0.3, -0.25) is 4.79 Å². The van der Waals surface area contributed by atoms with E-state index < -0.39 is 11.9 Å². The summed E-state index contributed by atoms with van der Waals surface area (Å²) >= 11 is 0. The Labute approximate surface area is 157 Å². The van der Waals surface area contributed by atoms with Crippen LogP contribution in [0.4, 0.5) is 0 Å². The van der Waals surface area contributed by atoms with Gasteiger partial charge in [-0.05, 0) is 50.5 Å². The molecule has 27 heavy (non-hydrogen) atoms. The van der Waals surface area contributed by atoms with Crippen molar-refractivity contribution in [3.63, 3.8) is 0 Å². The van der Waals surface area contributed by atoms with Crippen LogP contribution in [0.3, 0.4) is 0 Å². The van der Waals surface area contributed by atoms with Gasteiger partial charge in [0.25, 0.3) is 0 Å². The van der Waals surface area contributed by atoms with E-state index in [4.69, 9.17) is 9.15 Å². The maximum absolute atomic E-state index is 12.5. The van der Waals surface area contributed by atoms with Crippen LogP contribution in [0, 0.1) is 13.8 Å². The fourth-order valence-electron chi connectivity index (χ4n) is 2.81. The third-order valence-corrected chi connectivity index (χ3v) is 4.24. The molecule has 1 amide bonds. The highest BCUT2D eigenvalue weighted by atomic mass is 16.5. The molecule has 8 heteroatoms. The molecule has 0 spiro atoms. The lowest BCUT2D eigenvalue weighted by Gasteiger charge is -2.22. The lowest BCUT2D eigenvalue weighted by atomic mass is 10.1. The number of carbonyl (C=O) groups excluding carboxylic acids is 3. The molecule has 0 saturated carbocycles. The number of nitrogens with zero attached hydrogens (tertiary/aromatic N) is 1. The predicted molar refractivity (Wildman–Crippen MR) is 93.4 cm³/mol. The van der Waals surface area contributed by atoms with Gasteiger partial charge in [0.1, 0.15) is 11.5 Å². The number of furan rings is 1. The van der Waals surface area contributed by atoms with Crippen molar-refractivity contribution >= 4 is 17.8 Å². The van der Waals surface area contributed by atoms with Gasteiger partial charge >= 0.3 is 5.97 Å². The van der Waals surface area contributed by atoms with Crippen molar-refractivity contribution in [2.75, 3.05) is 6.61 Å². The average molecular weight is 375 g/mol. The van der Waals surface area contributed by atoms with Gasteiger partial charge in [-0.2, -0.15) is 0 Å². The number of H-pyrrole nitrogens is 1. The normalized spacial score (nSPS) is 10.6. The minimum Gasteiger partial charge on any atom is -0.550 e. The van der Waals surface area contributed by atoms with E-state index in [0.29, 0.717) is 17.0 Å². The van der Waals surface area contributed by atoms with Crippen molar-refractivity contribution in [2.45, 2.75) is 46.7 Å². The van der Waals surface area contributed by atoms with Crippen LogP contribution in [-0.4, -0.2) is 34.3 Å². The zero-order chi connectivity index (χ0) is 20.0. The smallest absolute Gasteiger partial charge is 0.355 e. The molecule has 8 nitrogen and oxygen atoms in total. The number of carbonyl (C=O) groups is 3. The summed E-state index contributed by atoms with van der Waals surface area (Å²) in [6, 6.07) is 3.45. The maximum Gasteiger partial charge on any atom is 0.355 e. The zero-order valence-electron chi connectivity index (χ0n) is 15.7. The molecule has 0 bridgehead atoms. The van der Waals surface area contributed by atoms with Crippen LogP contribution in [0.15, 0.2) is 22.8 Å². The first-order valence-corrected chi connectivity index (χ1v) is 8.68. The SMILES string of the molecule is CCOC(=O)c1[nH]c(C)c(CN(Cc2ccco2)C(=O)CCC(=O)[O-])c1C. The number of aryl methyl sites for hydroxylation is 1. The average Bonchev–Trinajstić information content (AvgIpc) is 3.22. The topological polar surface area (TPSA) is 116 Å². The maximum atomic E-state index is 12.5. The highest BCUT2D eigenvalue weighted by Gasteiger charge is 2.22. The number of aromatic amines is 1. The van der Waals surface area contributed by atoms with Crippen molar-refractivity contribution in [2.24, 2.45) is 0 Å². The largest absolute Gasteiger partial charge is 0.550 e. The standard InChI is InChI=1S/C19H24N2O6/c1-4-26-19(25)18-12(2)15(13(3)20-18)11-21(10-14-6-5-9-27-14)16(22)7-8-17(23)24/h5-6,9,20H,4,7-8,10-11H2,1-3H3,(H,23,24)/p-1. The van der Waals surface area contributed by atoms with Gasteiger partial charge in [-0.1, -0.05) is 0 Å². The van der Waals surface area contributed by atoms with Crippen LogP contribution in [0.2, 0.25) is 0 Å². The van der Waals surface area contributed by atoms with Crippen molar-refractivity contribution < 1.29 is 28.6 Å². The summed E-state index contributed by atoms with van der Waals surface area (Å²) in [6.07, 6.45) is 0.980. The molecule has 2 aromatic heterocycles. The first-order chi connectivity index (χ1) is 12.8. The monoisotopic (exact) mass is 375 g/mol. The molecule has 0 atom stereocenters. The number of amides is 1. The fourth-order valence-corrected chi connectivity index (χ4v) is 2.81. The van der Waals surface area contributed by atoms with Crippen LogP contribution in [-0.2, 0) is 27.4 Å². The van der Waals surface area contributed by atoms with E-state index in [1.165, 1.54) is 11.2 Å². The van der Waals surface area contributed by atoms with E-state index in [0.717, 1.165) is 11.3 Å². The lowest BCUT2D eigenvalue weighted by molar-refractivity contribution is -0.305. The molecule has 0 aliphatic carbocycles. The van der Waals surface area contributed by atoms with Crippen molar-refractivity contribution in [3.8, 4) is 0 Å². The Morgan fingerprint density at radius 1 is 1.22 bits per heavy atom. The van der Waals surface area contributed by atoms with E-state index in [-0.39, 0.29) is 38.4 Å². The first kappa shape index (κ1) is 20.3. The second-order valence-corrected chi connectivity index (χ2v) is 6.15. The molecule has 0 saturated heterocycles. The number of esters is 1. The fraction of sp³-hybridized carbons (Fsp3) is 0.421. The minimum atomic E-state index is -1.28. The van der Waals surface area contributed by atoms with Gasteiger partial charge in [0.2, 0.25) is 5.91 Å². The number of carboxylic acid groups (broad SMARTS) is 1. The molecule has 0 radical (unpaired) electrons. The number of nitrogens with one attached hydrogen (secondary N) is 1. The number of hydrogen-bond donors (Lipinski definition) is 1. The molecule has 0 unspecified atom stereocenters. The third-order valence-electron chi connectivity index (χ3n) is 4.24. The Morgan fingerprint density at radius 3 is 2.56 bits per heavy atom. The van der Waals surface area contributed by atoms with Crippen molar-refractivity contribution in [1.82, 2.24) is 9.88 Å². The van der Waals surface area contributed by atoms with E-state index in [2.05, 4.69) is 4.98 Å². The van der Waals surface area contributed by atoms with Crippen LogP contribution in [0.5, 0.6) is 0 Å². The summed E-state index contributed by atoms with van der Waals surface area (Å²) < 4.78 is 10.4. The van der Waals surface area contributed by atoms with Crippen LogP contribution in [0.1, 0.15) is 52.8 Å². The van der Waals surface area contributed by atoms with E-state index in [1.807, 2.05) is 6.92 Å². The van der Waals surface area contributed by atoms with E-state index in [1.54, 1.807) is 26.0 Å². The second-order valence-electron chi connectivity index (χ2n) is 6.15. The summed E-state index contributed by atoms with van der Waals surface area (Å²) in [5.41, 5.74) is 2.58. The predicted octanol–water partition coefficient (Wildman–Crippen LogP) is 1.46. The minimum absolute atomic E-state index is 0.170. The first-order valence-electron chi connectivity index (χ1n) is 8.68. The van der Waals surface area contributed by atoms with Gasteiger partial charge < -0.3 is 28.9 Å². The number of hydrogen-bond acceptors (Lipinski definition) is 6. The lowest BCUT2D eigenvalue weighted by Crippen LogP contribution is -2.32. The molecular weight excluding hydrogens is 352 g/mol. The van der Waals surface area contributed by atoms with Gasteiger partial charge in [0.05, 0.1) is 19.4 Å². The summed E-state index contributed by atoms with van der Waals surface area (Å²) in [5.74, 6) is -1.49. The van der Waals surface area contributed by atoms with Crippen molar-refractivity contribution in [3.05, 3.63) is 46.7 Å². The molecule has 0 fully saturated rings. The summed E-state index contributed by atoms with van der Waals surface area (Å²) in [6.45, 7) is 5.98. The Balaban J connectivity index is 2.25. The molecule has 2 heterocycles. The molecule has 146 valence electrons. The van der Waals surface area contributed by atoms with Gasteiger partial charge in [-0.15, -0.1) is 0 Å². The highest BCUT2D eigenvalue weighted by Crippen LogP contribution is 2.22. The zero-order valence-corrected chi connectivity index (χ0v) is 15.7. The van der Waals surface area contributed by atoms with Gasteiger partial charge in [-0.25, -0.2) is 4.79 Å². The number of ether oxygens (including phenoxy) is 1. The van der Waals surface area contributed by atoms with Crippen molar-refractivity contribution in [1.29, 1.82) is 0 Å². The number of aromatic nitrogens is 1. The third kappa shape index (κ3) is 5.22. The molecule has 2 rings (SSSR count). The number of carboxylic acids is 1. The van der Waals surface area contributed by atoms with Crippen LogP contribution in [0.25, 0.3) is 0 Å². The van der Waals surface area contributed by atoms with Gasteiger partial charge in [0, 0.05) is 24.6 Å². The summed E-state index contributed by atoms with van der Waals surface area (Å²) in [5, 5.41) is 10.7. The van der Waals surface area contributed by atoms with Crippen LogP contribution >= 0.6 is 0 Å². The molecule has 0 aliphatic heterocycles. The Kier molecular flexibility index (Phi) is 6.81. The molecule has 1 N–H and O–H groups in total.